The van der Waals surface area contributed by atoms with Crippen LogP contribution in [0.2, 0.25) is 0 Å². The van der Waals surface area contributed by atoms with Crippen molar-refractivity contribution in [1.82, 2.24) is 5.32 Å². The average molecular weight is 224 g/mol. The molecule has 1 amide bonds. The zero-order valence-electron chi connectivity index (χ0n) is 9.10. The van der Waals surface area contributed by atoms with Gasteiger partial charge in [0.2, 0.25) is 0 Å². The van der Waals surface area contributed by atoms with Gasteiger partial charge in [0.25, 0.3) is 5.91 Å². The van der Waals surface area contributed by atoms with E-state index in [1.54, 1.807) is 0 Å². The number of phenols is 2. The molecule has 5 heteroatoms. The third-order valence-corrected chi connectivity index (χ3v) is 2.11. The Bertz CT molecular complexity index is 377. The van der Waals surface area contributed by atoms with Gasteiger partial charge in [-0.3, -0.25) is 4.79 Å². The topological polar surface area (TPSA) is 95.6 Å². The van der Waals surface area contributed by atoms with E-state index in [1.165, 1.54) is 18.2 Å². The van der Waals surface area contributed by atoms with Crippen LogP contribution in [0.25, 0.3) is 0 Å². The minimum absolute atomic E-state index is 0.0121. The Kier molecular flexibility index (Phi) is 4.13. The molecule has 1 rings (SSSR count). The van der Waals surface area contributed by atoms with E-state index < -0.39 is 5.91 Å². The van der Waals surface area contributed by atoms with E-state index in [1.807, 2.05) is 6.92 Å². The number of carbonyl (C=O) groups is 1. The molecule has 1 aromatic rings. The number of nitrogens with one attached hydrogen (secondary N) is 1. The normalized spacial score (nSPS) is 12.1. The van der Waals surface area contributed by atoms with E-state index in [0.29, 0.717) is 13.0 Å². The SMILES string of the molecule is CC(N)CCNC(=O)c1cc(O)ccc1O. The highest BCUT2D eigenvalue weighted by Gasteiger charge is 2.11. The van der Waals surface area contributed by atoms with Gasteiger partial charge in [-0.2, -0.15) is 0 Å². The lowest BCUT2D eigenvalue weighted by atomic mass is 10.1. The highest BCUT2D eigenvalue weighted by molar-refractivity contribution is 5.97. The Morgan fingerprint density at radius 3 is 2.81 bits per heavy atom. The lowest BCUT2D eigenvalue weighted by molar-refractivity contribution is 0.0949. The van der Waals surface area contributed by atoms with Crippen molar-refractivity contribution < 1.29 is 15.0 Å². The van der Waals surface area contributed by atoms with Gasteiger partial charge in [0.05, 0.1) is 5.56 Å². The molecule has 88 valence electrons. The lowest BCUT2D eigenvalue weighted by Gasteiger charge is -2.08. The van der Waals surface area contributed by atoms with Crippen molar-refractivity contribution in [2.45, 2.75) is 19.4 Å². The van der Waals surface area contributed by atoms with Crippen molar-refractivity contribution in [3.8, 4) is 11.5 Å². The summed E-state index contributed by atoms with van der Waals surface area (Å²) in [6.07, 6.45) is 0.658. The van der Waals surface area contributed by atoms with Crippen LogP contribution in [0.15, 0.2) is 18.2 Å². The van der Waals surface area contributed by atoms with Crippen LogP contribution in [0.3, 0.4) is 0 Å². The largest absolute Gasteiger partial charge is 0.508 e. The summed E-state index contributed by atoms with van der Waals surface area (Å²) < 4.78 is 0. The Balaban J connectivity index is 2.62. The molecule has 0 aromatic heterocycles. The molecular formula is C11H16N2O3. The van der Waals surface area contributed by atoms with E-state index in [0.717, 1.165) is 0 Å². The summed E-state index contributed by atoms with van der Waals surface area (Å²) >= 11 is 0. The van der Waals surface area contributed by atoms with Crippen LogP contribution in [0.4, 0.5) is 0 Å². The molecule has 0 heterocycles. The first-order valence-corrected chi connectivity index (χ1v) is 5.06. The van der Waals surface area contributed by atoms with Crippen molar-refractivity contribution in [2.75, 3.05) is 6.54 Å². The number of rotatable bonds is 4. The zero-order chi connectivity index (χ0) is 12.1. The Labute approximate surface area is 93.9 Å². The Morgan fingerprint density at radius 2 is 2.19 bits per heavy atom. The van der Waals surface area contributed by atoms with Crippen molar-refractivity contribution in [2.24, 2.45) is 5.73 Å². The summed E-state index contributed by atoms with van der Waals surface area (Å²) in [6.45, 7) is 2.28. The zero-order valence-corrected chi connectivity index (χ0v) is 9.10. The van der Waals surface area contributed by atoms with Crippen LogP contribution in [-0.2, 0) is 0 Å². The quantitative estimate of drug-likeness (QED) is 0.562. The summed E-state index contributed by atoms with van der Waals surface area (Å²) in [6, 6.07) is 3.82. The Morgan fingerprint density at radius 1 is 1.50 bits per heavy atom. The minimum Gasteiger partial charge on any atom is -0.508 e. The molecule has 0 radical (unpaired) electrons. The molecule has 0 fully saturated rings. The molecule has 16 heavy (non-hydrogen) atoms. The van der Waals surface area contributed by atoms with Crippen LogP contribution < -0.4 is 11.1 Å². The molecule has 0 saturated carbocycles. The van der Waals surface area contributed by atoms with Gasteiger partial charge in [-0.05, 0) is 31.5 Å². The molecule has 1 atom stereocenters. The Hall–Kier alpha value is -1.75. The summed E-state index contributed by atoms with van der Waals surface area (Å²) in [5, 5.41) is 21.2. The average Bonchev–Trinajstić information content (AvgIpc) is 2.21. The van der Waals surface area contributed by atoms with E-state index in [9.17, 15) is 15.0 Å². The standard InChI is InChI=1S/C11H16N2O3/c1-7(12)4-5-13-11(16)9-6-8(14)2-3-10(9)15/h2-3,6-7,14-15H,4-5,12H2,1H3,(H,13,16). The molecule has 0 aliphatic heterocycles. The molecule has 5 nitrogen and oxygen atoms in total. The summed E-state index contributed by atoms with van der Waals surface area (Å²) in [4.78, 5) is 11.6. The van der Waals surface area contributed by atoms with Gasteiger partial charge in [0, 0.05) is 12.6 Å². The maximum atomic E-state index is 11.6. The second-order valence-corrected chi connectivity index (χ2v) is 3.72. The third-order valence-electron chi connectivity index (χ3n) is 2.11. The number of amides is 1. The van der Waals surface area contributed by atoms with E-state index in [4.69, 9.17) is 5.73 Å². The number of nitrogens with two attached hydrogens (primary N) is 1. The van der Waals surface area contributed by atoms with Crippen LogP contribution in [-0.4, -0.2) is 28.7 Å². The van der Waals surface area contributed by atoms with Gasteiger partial charge in [-0.25, -0.2) is 0 Å². The highest BCUT2D eigenvalue weighted by atomic mass is 16.3. The molecule has 0 aliphatic rings. The van der Waals surface area contributed by atoms with Crippen LogP contribution >= 0.6 is 0 Å². The van der Waals surface area contributed by atoms with Crippen molar-refractivity contribution in [3.05, 3.63) is 23.8 Å². The third kappa shape index (κ3) is 3.43. The van der Waals surface area contributed by atoms with E-state index in [-0.39, 0.29) is 23.1 Å². The molecular weight excluding hydrogens is 208 g/mol. The van der Waals surface area contributed by atoms with Crippen LogP contribution in [0.5, 0.6) is 11.5 Å². The molecule has 0 bridgehead atoms. The first-order valence-electron chi connectivity index (χ1n) is 5.06. The maximum Gasteiger partial charge on any atom is 0.255 e. The van der Waals surface area contributed by atoms with Gasteiger partial charge >= 0.3 is 0 Å². The highest BCUT2D eigenvalue weighted by Crippen LogP contribution is 2.21. The number of phenolic OH excluding ortho intramolecular Hbond substituents is 2. The number of benzene rings is 1. The van der Waals surface area contributed by atoms with Gasteiger partial charge in [0.1, 0.15) is 11.5 Å². The first kappa shape index (κ1) is 12.3. The maximum absolute atomic E-state index is 11.6. The monoisotopic (exact) mass is 224 g/mol. The fourth-order valence-corrected chi connectivity index (χ4v) is 1.21. The predicted molar refractivity (Wildman–Crippen MR) is 60.4 cm³/mol. The van der Waals surface area contributed by atoms with E-state index >= 15 is 0 Å². The second kappa shape index (κ2) is 5.37. The number of aromatic hydroxyl groups is 2. The molecule has 1 unspecified atom stereocenters. The molecule has 0 saturated heterocycles. The van der Waals surface area contributed by atoms with Crippen molar-refractivity contribution >= 4 is 5.91 Å². The van der Waals surface area contributed by atoms with Gasteiger partial charge in [-0.1, -0.05) is 0 Å². The van der Waals surface area contributed by atoms with Gasteiger partial charge in [0.15, 0.2) is 0 Å². The fourth-order valence-electron chi connectivity index (χ4n) is 1.21. The molecule has 1 aromatic carbocycles. The molecule has 0 aliphatic carbocycles. The second-order valence-electron chi connectivity index (χ2n) is 3.72. The molecule has 5 N–H and O–H groups in total. The number of carbonyl (C=O) groups excluding carboxylic acids is 1. The van der Waals surface area contributed by atoms with Crippen molar-refractivity contribution in [1.29, 1.82) is 0 Å². The van der Waals surface area contributed by atoms with Gasteiger partial charge < -0.3 is 21.3 Å². The lowest BCUT2D eigenvalue weighted by Crippen LogP contribution is -2.28. The molecule has 0 spiro atoms. The van der Waals surface area contributed by atoms with Crippen LogP contribution in [0, 0.1) is 0 Å². The van der Waals surface area contributed by atoms with Crippen LogP contribution in [0.1, 0.15) is 23.7 Å². The summed E-state index contributed by atoms with van der Waals surface area (Å²) in [5.74, 6) is -0.639. The number of hydrogen-bond donors (Lipinski definition) is 4. The van der Waals surface area contributed by atoms with E-state index in [2.05, 4.69) is 5.32 Å². The number of hydrogen-bond acceptors (Lipinski definition) is 4. The predicted octanol–water partition coefficient (Wildman–Crippen LogP) is 0.565. The fraction of sp³-hybridized carbons (Fsp3) is 0.364. The van der Waals surface area contributed by atoms with Crippen molar-refractivity contribution in [3.63, 3.8) is 0 Å². The summed E-state index contributed by atoms with van der Waals surface area (Å²) in [7, 11) is 0. The first-order chi connectivity index (χ1) is 7.50. The van der Waals surface area contributed by atoms with Gasteiger partial charge in [-0.15, -0.1) is 0 Å². The minimum atomic E-state index is -0.422. The smallest absolute Gasteiger partial charge is 0.255 e. The summed E-state index contributed by atoms with van der Waals surface area (Å²) in [5.41, 5.74) is 5.59.